The van der Waals surface area contributed by atoms with Gasteiger partial charge < -0.3 is 18.3 Å². The minimum atomic E-state index is -0.983. The highest BCUT2D eigenvalue weighted by atomic mass is 16.6. The lowest BCUT2D eigenvalue weighted by Gasteiger charge is -2.24. The Balaban J connectivity index is 0.000000186. The quantitative estimate of drug-likeness (QED) is 0.183. The van der Waals surface area contributed by atoms with E-state index in [1.54, 1.807) is 13.8 Å². The summed E-state index contributed by atoms with van der Waals surface area (Å²) in [7, 11) is 5.44. The smallest absolute Gasteiger partial charge is 0.308 e. The van der Waals surface area contributed by atoms with Gasteiger partial charge in [0.1, 0.15) is 22.8 Å². The van der Waals surface area contributed by atoms with Gasteiger partial charge in [-0.1, -0.05) is 0 Å². The van der Waals surface area contributed by atoms with Gasteiger partial charge in [0.05, 0.1) is 27.2 Å². The van der Waals surface area contributed by atoms with Crippen molar-refractivity contribution in [3.63, 3.8) is 0 Å². The summed E-state index contributed by atoms with van der Waals surface area (Å²) in [4.78, 5) is 110. The first-order valence-corrected chi connectivity index (χ1v) is 14.0. The van der Waals surface area contributed by atoms with Gasteiger partial charge in [-0.3, -0.25) is 48.5 Å². The first kappa shape index (κ1) is 32.3. The highest BCUT2D eigenvalue weighted by Crippen LogP contribution is 2.32. The van der Waals surface area contributed by atoms with Gasteiger partial charge in [-0.15, -0.1) is 0 Å². The van der Waals surface area contributed by atoms with Crippen LogP contribution in [0.25, 0.3) is 0 Å². The summed E-state index contributed by atoms with van der Waals surface area (Å²) >= 11 is 0. The zero-order valence-electron chi connectivity index (χ0n) is 26.6. The molecule has 0 amide bonds. The minimum absolute atomic E-state index is 0.0237. The van der Waals surface area contributed by atoms with E-state index in [0.29, 0.717) is 16.7 Å². The van der Waals surface area contributed by atoms with Gasteiger partial charge in [0.25, 0.3) is 16.7 Å². The van der Waals surface area contributed by atoms with E-state index in [9.17, 15) is 48.5 Å². The number of ketones is 4. The molecule has 0 bridgehead atoms. The van der Waals surface area contributed by atoms with Crippen molar-refractivity contribution in [2.45, 2.75) is 27.7 Å². The molecule has 4 aromatic heterocycles. The lowest BCUT2D eigenvalue weighted by molar-refractivity contribution is -0.387. The number of nitrogens with zero attached hydrogens (tertiary/aromatic N) is 5. The summed E-state index contributed by atoms with van der Waals surface area (Å²) in [5, 5.41) is 11.2. The molecule has 0 spiro atoms. The zero-order valence-corrected chi connectivity index (χ0v) is 26.6. The summed E-state index contributed by atoms with van der Waals surface area (Å²) in [6.45, 7) is 6.05. The Morgan fingerprint density at radius 3 is 1.11 bits per heavy atom. The summed E-state index contributed by atoms with van der Waals surface area (Å²) in [5.74, 6) is -2.11. The molecule has 0 atom stereocenters. The van der Waals surface area contributed by atoms with Gasteiger partial charge in [0, 0.05) is 52.0 Å². The van der Waals surface area contributed by atoms with E-state index in [0.717, 1.165) is 18.3 Å². The van der Waals surface area contributed by atoms with Gasteiger partial charge in [-0.05, 0) is 44.4 Å². The highest BCUT2D eigenvalue weighted by molar-refractivity contribution is 6.29. The minimum Gasteiger partial charge on any atom is -0.308 e. The predicted molar refractivity (Wildman–Crippen MR) is 166 cm³/mol. The normalized spacial score (nSPS) is 12.9. The number of hydrogen-bond acceptors (Lipinski definition) is 10. The lowest BCUT2D eigenvalue weighted by Crippen LogP contribution is -2.38. The topological polar surface area (TPSA) is 199 Å². The van der Waals surface area contributed by atoms with Gasteiger partial charge in [-0.2, -0.15) is 0 Å². The lowest BCUT2D eigenvalue weighted by atomic mass is 9.84. The average Bonchev–Trinajstić information content (AvgIpc) is 2.98. The van der Waals surface area contributed by atoms with Crippen LogP contribution in [-0.4, -0.2) is 46.3 Å². The summed E-state index contributed by atoms with van der Waals surface area (Å²) in [5.41, 5.74) is -1.78. The van der Waals surface area contributed by atoms with Crippen molar-refractivity contribution >= 4 is 28.8 Å². The molecule has 6 rings (SSSR count). The molecule has 0 saturated heterocycles. The summed E-state index contributed by atoms with van der Waals surface area (Å²) in [6.07, 6.45) is 0. The Hall–Kier alpha value is -6.12. The van der Waals surface area contributed by atoms with E-state index >= 15 is 0 Å². The van der Waals surface area contributed by atoms with Crippen LogP contribution in [0.2, 0.25) is 0 Å². The Morgan fingerprint density at radius 2 is 0.787 bits per heavy atom. The van der Waals surface area contributed by atoms with Crippen LogP contribution in [-0.2, 0) is 28.2 Å². The van der Waals surface area contributed by atoms with Crippen molar-refractivity contribution < 1.29 is 24.1 Å². The number of rotatable bonds is 1. The Kier molecular flexibility index (Phi) is 7.38. The van der Waals surface area contributed by atoms with Crippen LogP contribution in [0.1, 0.15) is 86.5 Å². The number of aryl methyl sites for hydroxylation is 3. The van der Waals surface area contributed by atoms with Gasteiger partial charge >= 0.3 is 11.2 Å². The van der Waals surface area contributed by atoms with Crippen molar-refractivity contribution in [3.8, 4) is 0 Å². The zero-order chi connectivity index (χ0) is 35.1. The van der Waals surface area contributed by atoms with Crippen molar-refractivity contribution in [2.75, 3.05) is 0 Å². The molecule has 15 nitrogen and oxygen atoms in total. The maximum absolute atomic E-state index is 13.0. The molecule has 2 aliphatic carbocycles. The Labute approximate surface area is 264 Å². The highest BCUT2D eigenvalue weighted by Gasteiger charge is 2.40. The number of pyridine rings is 4. The third kappa shape index (κ3) is 4.41. The van der Waals surface area contributed by atoms with Gasteiger partial charge in [-0.25, -0.2) is 0 Å². The van der Waals surface area contributed by atoms with Crippen molar-refractivity contribution in [2.24, 2.45) is 28.2 Å². The molecule has 0 fully saturated rings. The molecule has 240 valence electrons. The molecular formula is C32H27N5O10. The Morgan fingerprint density at radius 1 is 0.489 bits per heavy atom. The second-order valence-corrected chi connectivity index (χ2v) is 11.5. The standard InChI is InChI=1S/C16H13N3O6.C16H14N2O4/c1-6-5-8(20)17(3)12-9(6)14(21)10-7(2)11(19(24)25)16(23)18(4)13(10)15(12)22;1-7-5-9(19)17(3)13-11(7)15(21)12-8(2)6-10(20)18(4)14(12)16(13)22/h5H,1-4H3;5-6H,1-4H3. The predicted octanol–water partition coefficient (Wildman–Crippen LogP) is 0.861. The van der Waals surface area contributed by atoms with E-state index in [2.05, 4.69) is 0 Å². The van der Waals surface area contributed by atoms with E-state index in [4.69, 9.17) is 0 Å². The first-order chi connectivity index (χ1) is 21.8. The molecular weight excluding hydrogens is 614 g/mol. The van der Waals surface area contributed by atoms with Crippen LogP contribution >= 0.6 is 0 Å². The SMILES string of the molecule is Cc1cc(=O)n(C)c2c1C(=O)c1c(C)c([N+](=O)[O-])c(=O)n(C)c1C2=O.Cc1cc(=O)n(C)c2c1C(=O)c1c(C)cc(=O)n(C)c1C2=O. The second kappa shape index (κ2) is 10.8. The van der Waals surface area contributed by atoms with E-state index in [-0.39, 0.29) is 67.5 Å². The fourth-order valence-electron chi connectivity index (χ4n) is 6.23. The maximum atomic E-state index is 13.0. The maximum Gasteiger partial charge on any atom is 0.337 e. The van der Waals surface area contributed by atoms with E-state index in [1.807, 2.05) is 0 Å². The van der Waals surface area contributed by atoms with Crippen LogP contribution in [0.5, 0.6) is 0 Å². The monoisotopic (exact) mass is 641 g/mol. The van der Waals surface area contributed by atoms with Crippen LogP contribution in [0.4, 0.5) is 5.69 Å². The van der Waals surface area contributed by atoms with Gasteiger partial charge in [0.15, 0.2) is 11.6 Å². The molecule has 0 unspecified atom stereocenters. The number of hydrogen-bond donors (Lipinski definition) is 0. The molecule has 0 radical (unpaired) electrons. The molecule has 0 aliphatic heterocycles. The fourth-order valence-corrected chi connectivity index (χ4v) is 6.23. The molecule has 4 heterocycles. The van der Waals surface area contributed by atoms with Crippen molar-refractivity contribution in [1.29, 1.82) is 0 Å². The molecule has 0 N–H and O–H groups in total. The molecule has 4 aromatic rings. The first-order valence-electron chi connectivity index (χ1n) is 14.0. The van der Waals surface area contributed by atoms with Crippen LogP contribution < -0.4 is 22.2 Å². The van der Waals surface area contributed by atoms with Crippen molar-refractivity contribution in [3.05, 3.63) is 137 Å². The van der Waals surface area contributed by atoms with Crippen LogP contribution in [0.15, 0.2) is 37.4 Å². The third-order valence-corrected chi connectivity index (χ3v) is 8.67. The van der Waals surface area contributed by atoms with Crippen LogP contribution in [0.3, 0.4) is 0 Å². The average molecular weight is 642 g/mol. The second-order valence-electron chi connectivity index (χ2n) is 11.5. The number of nitro groups is 1. The van der Waals surface area contributed by atoms with Crippen molar-refractivity contribution in [1.82, 2.24) is 18.3 Å². The van der Waals surface area contributed by atoms with Crippen LogP contribution in [0, 0.1) is 37.8 Å². The summed E-state index contributed by atoms with van der Waals surface area (Å²) < 4.78 is 4.18. The fraction of sp³-hybridized carbons (Fsp3) is 0.250. The molecule has 47 heavy (non-hydrogen) atoms. The third-order valence-electron chi connectivity index (χ3n) is 8.67. The van der Waals surface area contributed by atoms with Gasteiger partial charge in [0.2, 0.25) is 11.6 Å². The molecule has 0 aromatic carbocycles. The van der Waals surface area contributed by atoms with E-state index < -0.39 is 39.1 Å². The molecule has 0 saturated carbocycles. The number of fused-ring (bicyclic) bond motifs is 4. The largest absolute Gasteiger partial charge is 0.337 e. The Bertz CT molecular complexity index is 2400. The number of carbonyl (C=O) groups is 4. The number of carbonyl (C=O) groups excluding carboxylic acids is 4. The summed E-state index contributed by atoms with van der Waals surface area (Å²) in [6, 6.07) is 3.90. The van der Waals surface area contributed by atoms with E-state index in [1.165, 1.54) is 60.2 Å². The number of aromatic nitrogens is 4. The molecule has 2 aliphatic rings. The molecule has 15 heteroatoms.